The van der Waals surface area contributed by atoms with Gasteiger partial charge < -0.3 is 19.9 Å². The van der Waals surface area contributed by atoms with Gasteiger partial charge in [0.2, 0.25) is 5.91 Å². The number of aromatic nitrogens is 3. The first-order valence-electron chi connectivity index (χ1n) is 11.2. The van der Waals surface area contributed by atoms with Crippen molar-refractivity contribution in [2.24, 2.45) is 7.05 Å². The molecule has 3 rings (SSSR count). The molecule has 9 heteroatoms. The van der Waals surface area contributed by atoms with E-state index < -0.39 is 6.10 Å². The summed E-state index contributed by atoms with van der Waals surface area (Å²) in [6.07, 6.45) is 0.300. The van der Waals surface area contributed by atoms with Crippen LogP contribution in [0.5, 0.6) is 5.75 Å². The Kier molecular flexibility index (Phi) is 8.70. The van der Waals surface area contributed by atoms with Gasteiger partial charge in [0.15, 0.2) is 17.1 Å². The molecule has 0 aliphatic rings. The van der Waals surface area contributed by atoms with E-state index >= 15 is 0 Å². The van der Waals surface area contributed by atoms with Crippen molar-refractivity contribution >= 4 is 29.3 Å². The maximum absolute atomic E-state index is 12.5. The summed E-state index contributed by atoms with van der Waals surface area (Å²) in [6.45, 7) is 7.99. The molecule has 0 aliphatic heterocycles. The average molecular weight is 482 g/mol. The molecule has 0 saturated heterocycles. The minimum Gasteiger partial charge on any atom is -0.481 e. The van der Waals surface area contributed by atoms with E-state index in [1.165, 1.54) is 17.3 Å². The molecule has 1 atom stereocenters. The first-order chi connectivity index (χ1) is 16.3. The van der Waals surface area contributed by atoms with Crippen molar-refractivity contribution in [2.45, 2.75) is 51.9 Å². The zero-order chi connectivity index (χ0) is 24.7. The standard InChI is InChI=1S/C25H31N5O3S/c1-6-19-10-12-20(13-11-19)33-18(4)24(32)26-14-22-28-29-25(30(22)5)34-15-23(31)27-21-9-7-8-16(2)17(21)3/h7-13,18H,6,14-15H2,1-5H3,(H,26,32)(H,27,31)/t18-/m1/s1. The Morgan fingerprint density at radius 2 is 1.85 bits per heavy atom. The number of anilines is 1. The Balaban J connectivity index is 1.48. The third-order valence-electron chi connectivity index (χ3n) is 5.57. The molecule has 3 aromatic rings. The summed E-state index contributed by atoms with van der Waals surface area (Å²) >= 11 is 1.29. The van der Waals surface area contributed by atoms with Gasteiger partial charge in [0.05, 0.1) is 12.3 Å². The lowest BCUT2D eigenvalue weighted by atomic mass is 10.1. The second-order valence-electron chi connectivity index (χ2n) is 8.02. The van der Waals surface area contributed by atoms with Gasteiger partial charge in [-0.1, -0.05) is 43.0 Å². The third kappa shape index (κ3) is 6.60. The molecular formula is C25H31N5O3S. The molecule has 0 saturated carbocycles. The molecule has 0 fully saturated rings. The number of carbonyl (C=O) groups excluding carboxylic acids is 2. The predicted octanol–water partition coefficient (Wildman–Crippen LogP) is 3.81. The van der Waals surface area contributed by atoms with Gasteiger partial charge in [-0.3, -0.25) is 9.59 Å². The summed E-state index contributed by atoms with van der Waals surface area (Å²) in [4.78, 5) is 24.8. The van der Waals surface area contributed by atoms with Gasteiger partial charge in [-0.2, -0.15) is 0 Å². The van der Waals surface area contributed by atoms with Crippen LogP contribution >= 0.6 is 11.8 Å². The van der Waals surface area contributed by atoms with Gasteiger partial charge in [0.1, 0.15) is 5.75 Å². The summed E-state index contributed by atoms with van der Waals surface area (Å²) in [5, 5.41) is 14.7. The molecule has 0 aliphatic carbocycles. The van der Waals surface area contributed by atoms with E-state index in [1.54, 1.807) is 11.5 Å². The van der Waals surface area contributed by atoms with Crippen LogP contribution in [0.1, 0.15) is 36.4 Å². The lowest BCUT2D eigenvalue weighted by Crippen LogP contribution is -2.36. The zero-order valence-electron chi connectivity index (χ0n) is 20.2. The number of amides is 2. The van der Waals surface area contributed by atoms with E-state index in [0.29, 0.717) is 16.7 Å². The summed E-state index contributed by atoms with van der Waals surface area (Å²) in [5.74, 6) is 1.08. The monoisotopic (exact) mass is 481 g/mol. The second kappa shape index (κ2) is 11.7. The molecule has 2 amide bonds. The van der Waals surface area contributed by atoms with Crippen molar-refractivity contribution in [1.82, 2.24) is 20.1 Å². The highest BCUT2D eigenvalue weighted by atomic mass is 32.2. The normalized spacial score (nSPS) is 11.7. The van der Waals surface area contributed by atoms with Crippen molar-refractivity contribution < 1.29 is 14.3 Å². The molecule has 0 radical (unpaired) electrons. The second-order valence-corrected chi connectivity index (χ2v) is 8.96. The van der Waals surface area contributed by atoms with Crippen LogP contribution < -0.4 is 15.4 Å². The lowest BCUT2D eigenvalue weighted by Gasteiger charge is -2.15. The Bertz CT molecular complexity index is 1140. The van der Waals surface area contributed by atoms with Crippen molar-refractivity contribution in [1.29, 1.82) is 0 Å². The molecule has 2 N–H and O–H groups in total. The Labute approximate surface area is 204 Å². The minimum absolute atomic E-state index is 0.116. The topological polar surface area (TPSA) is 98.1 Å². The number of carbonyl (C=O) groups is 2. The lowest BCUT2D eigenvalue weighted by molar-refractivity contribution is -0.127. The highest BCUT2D eigenvalue weighted by Crippen LogP contribution is 2.20. The molecule has 0 spiro atoms. The highest BCUT2D eigenvalue weighted by Gasteiger charge is 2.17. The number of nitrogens with one attached hydrogen (secondary N) is 2. The fraction of sp³-hybridized carbons (Fsp3) is 0.360. The van der Waals surface area contributed by atoms with Crippen LogP contribution in [-0.2, 0) is 29.6 Å². The molecule has 0 unspecified atom stereocenters. The van der Waals surface area contributed by atoms with Crippen LogP contribution in [-0.4, -0.2) is 38.4 Å². The number of thioether (sulfide) groups is 1. The number of rotatable bonds is 10. The third-order valence-corrected chi connectivity index (χ3v) is 6.59. The fourth-order valence-corrected chi connectivity index (χ4v) is 3.93. The minimum atomic E-state index is -0.650. The van der Waals surface area contributed by atoms with Crippen molar-refractivity contribution in [3.63, 3.8) is 0 Å². The van der Waals surface area contributed by atoms with Crippen LogP contribution in [0, 0.1) is 13.8 Å². The van der Waals surface area contributed by atoms with Crippen LogP contribution in [0.15, 0.2) is 47.6 Å². The first-order valence-corrected chi connectivity index (χ1v) is 12.2. The molecule has 180 valence electrons. The highest BCUT2D eigenvalue weighted by molar-refractivity contribution is 7.99. The number of ether oxygens (including phenoxy) is 1. The predicted molar refractivity (Wildman–Crippen MR) is 134 cm³/mol. The van der Waals surface area contributed by atoms with Crippen molar-refractivity contribution in [2.75, 3.05) is 11.1 Å². The van der Waals surface area contributed by atoms with Gasteiger partial charge in [0, 0.05) is 12.7 Å². The molecule has 1 heterocycles. The van der Waals surface area contributed by atoms with E-state index in [9.17, 15) is 9.59 Å². The Morgan fingerprint density at radius 3 is 2.56 bits per heavy atom. The van der Waals surface area contributed by atoms with E-state index in [1.807, 2.05) is 63.4 Å². The number of hydrogen-bond donors (Lipinski definition) is 2. The zero-order valence-corrected chi connectivity index (χ0v) is 21.0. The summed E-state index contributed by atoms with van der Waals surface area (Å²) in [5.41, 5.74) is 4.20. The van der Waals surface area contributed by atoms with E-state index in [0.717, 1.165) is 23.2 Å². The van der Waals surface area contributed by atoms with Gasteiger partial charge in [0.25, 0.3) is 5.91 Å². The smallest absolute Gasteiger partial charge is 0.261 e. The van der Waals surface area contributed by atoms with Crippen LogP contribution in [0.3, 0.4) is 0 Å². The van der Waals surface area contributed by atoms with Crippen LogP contribution in [0.2, 0.25) is 0 Å². The average Bonchev–Trinajstić information content (AvgIpc) is 3.18. The van der Waals surface area contributed by atoms with Crippen LogP contribution in [0.4, 0.5) is 5.69 Å². The molecule has 2 aromatic carbocycles. The quantitative estimate of drug-likeness (QED) is 0.428. The molecule has 8 nitrogen and oxygen atoms in total. The largest absolute Gasteiger partial charge is 0.481 e. The van der Waals surface area contributed by atoms with Crippen LogP contribution in [0.25, 0.3) is 0 Å². The van der Waals surface area contributed by atoms with E-state index in [-0.39, 0.29) is 24.1 Å². The summed E-state index contributed by atoms with van der Waals surface area (Å²) in [6, 6.07) is 13.5. The number of benzene rings is 2. The molecule has 1 aromatic heterocycles. The van der Waals surface area contributed by atoms with Gasteiger partial charge in [-0.15, -0.1) is 10.2 Å². The Morgan fingerprint density at radius 1 is 1.12 bits per heavy atom. The first kappa shape index (κ1) is 25.3. The molecule has 0 bridgehead atoms. The number of hydrogen-bond acceptors (Lipinski definition) is 6. The molecular weight excluding hydrogens is 450 g/mol. The SMILES string of the molecule is CCc1ccc(O[C@H](C)C(=O)NCc2nnc(SCC(=O)Nc3cccc(C)c3C)n2C)cc1. The van der Waals surface area contributed by atoms with Gasteiger partial charge in [-0.05, 0) is 62.1 Å². The van der Waals surface area contributed by atoms with Crippen molar-refractivity contribution in [3.8, 4) is 5.75 Å². The summed E-state index contributed by atoms with van der Waals surface area (Å²) in [7, 11) is 1.81. The van der Waals surface area contributed by atoms with E-state index in [4.69, 9.17) is 4.74 Å². The summed E-state index contributed by atoms with van der Waals surface area (Å²) < 4.78 is 7.49. The number of aryl methyl sites for hydroxylation is 2. The maximum Gasteiger partial charge on any atom is 0.261 e. The number of nitrogens with zero attached hydrogens (tertiary/aromatic N) is 3. The van der Waals surface area contributed by atoms with Gasteiger partial charge in [-0.25, -0.2) is 0 Å². The van der Waals surface area contributed by atoms with Gasteiger partial charge >= 0.3 is 0 Å². The van der Waals surface area contributed by atoms with E-state index in [2.05, 4.69) is 27.8 Å². The molecule has 34 heavy (non-hydrogen) atoms. The Hall–Kier alpha value is -3.33. The maximum atomic E-state index is 12.5. The fourth-order valence-electron chi connectivity index (χ4n) is 3.20. The van der Waals surface area contributed by atoms with Crippen molar-refractivity contribution in [3.05, 3.63) is 65.0 Å².